The van der Waals surface area contributed by atoms with Gasteiger partial charge in [0.2, 0.25) is 0 Å². The lowest BCUT2D eigenvalue weighted by atomic mass is 10.1. The summed E-state index contributed by atoms with van der Waals surface area (Å²) in [5.41, 5.74) is 0. The first-order valence-electron chi connectivity index (χ1n) is 8.22. The number of ether oxygens (including phenoxy) is 6. The Morgan fingerprint density at radius 1 is 0.739 bits per heavy atom. The van der Waals surface area contributed by atoms with Gasteiger partial charge in [-0.15, -0.1) is 0 Å². The molecule has 23 heavy (non-hydrogen) atoms. The van der Waals surface area contributed by atoms with Crippen LogP contribution in [-0.4, -0.2) is 85.0 Å². The van der Waals surface area contributed by atoms with E-state index in [0.29, 0.717) is 52.9 Å². The fourth-order valence-corrected chi connectivity index (χ4v) is 2.21. The molecule has 0 N–H and O–H groups in total. The Morgan fingerprint density at radius 2 is 1.26 bits per heavy atom. The van der Waals surface area contributed by atoms with E-state index in [9.17, 15) is 0 Å². The van der Waals surface area contributed by atoms with Crippen molar-refractivity contribution in [2.24, 2.45) is 0 Å². The van der Waals surface area contributed by atoms with Gasteiger partial charge in [0, 0.05) is 14.2 Å². The van der Waals surface area contributed by atoms with Gasteiger partial charge in [-0.25, -0.2) is 0 Å². The van der Waals surface area contributed by atoms with Crippen LogP contribution >= 0.6 is 12.6 Å². The van der Waals surface area contributed by atoms with E-state index in [1.807, 2.05) is 0 Å². The number of methoxy groups -OCH3 is 2. The molecule has 7 heteroatoms. The smallest absolute Gasteiger partial charge is 0.0704 e. The fourth-order valence-electron chi connectivity index (χ4n) is 1.92. The highest BCUT2D eigenvalue weighted by Gasteiger charge is 2.13. The second kappa shape index (κ2) is 18.4. The zero-order chi connectivity index (χ0) is 17.2. The minimum Gasteiger partial charge on any atom is -0.382 e. The SMILES string of the molecule is COCCOCCOCCOC(CCS)CC(C)OCCOC. The number of rotatable bonds is 18. The molecule has 0 saturated carbocycles. The van der Waals surface area contributed by atoms with Gasteiger partial charge in [-0.05, 0) is 25.5 Å². The van der Waals surface area contributed by atoms with Gasteiger partial charge in [-0.3, -0.25) is 0 Å². The fraction of sp³-hybridized carbons (Fsp3) is 1.00. The lowest BCUT2D eigenvalue weighted by Crippen LogP contribution is -2.24. The molecule has 0 radical (unpaired) electrons. The molecule has 140 valence electrons. The molecule has 0 aromatic heterocycles. The van der Waals surface area contributed by atoms with Gasteiger partial charge in [-0.2, -0.15) is 12.6 Å². The van der Waals surface area contributed by atoms with Gasteiger partial charge in [0.05, 0.1) is 65.1 Å². The van der Waals surface area contributed by atoms with E-state index < -0.39 is 0 Å². The van der Waals surface area contributed by atoms with Crippen LogP contribution in [0.4, 0.5) is 0 Å². The maximum atomic E-state index is 5.86. The molecule has 0 aliphatic heterocycles. The highest BCUT2D eigenvalue weighted by molar-refractivity contribution is 7.80. The van der Waals surface area contributed by atoms with E-state index in [1.165, 1.54) is 0 Å². The predicted molar refractivity (Wildman–Crippen MR) is 93.6 cm³/mol. The standard InChI is InChI=1S/C16H34O6S/c1-15(21-11-6-18-3)14-16(4-13-23)22-12-10-20-9-8-19-7-5-17-2/h15-16,23H,4-14H2,1-3H3. The highest BCUT2D eigenvalue weighted by atomic mass is 32.1. The van der Waals surface area contributed by atoms with E-state index in [2.05, 4.69) is 19.6 Å². The number of thiol groups is 1. The lowest BCUT2D eigenvalue weighted by Gasteiger charge is -2.21. The molecule has 0 aromatic carbocycles. The van der Waals surface area contributed by atoms with E-state index in [-0.39, 0.29) is 12.2 Å². The van der Waals surface area contributed by atoms with Gasteiger partial charge in [0.15, 0.2) is 0 Å². The summed E-state index contributed by atoms with van der Waals surface area (Å²) in [6.45, 7) is 6.77. The highest BCUT2D eigenvalue weighted by Crippen LogP contribution is 2.11. The molecule has 0 heterocycles. The van der Waals surface area contributed by atoms with Crippen molar-refractivity contribution in [1.29, 1.82) is 0 Å². The lowest BCUT2D eigenvalue weighted by molar-refractivity contribution is -0.0439. The van der Waals surface area contributed by atoms with Gasteiger partial charge in [0.25, 0.3) is 0 Å². The van der Waals surface area contributed by atoms with Crippen molar-refractivity contribution in [1.82, 2.24) is 0 Å². The van der Waals surface area contributed by atoms with E-state index in [4.69, 9.17) is 28.4 Å². The Morgan fingerprint density at radius 3 is 1.87 bits per heavy atom. The normalized spacial score (nSPS) is 14.1. The molecule has 0 aliphatic carbocycles. The molecular weight excluding hydrogens is 320 g/mol. The Labute approximate surface area is 146 Å². The molecule has 0 amide bonds. The summed E-state index contributed by atoms with van der Waals surface area (Å²) in [6.07, 6.45) is 2.04. The van der Waals surface area contributed by atoms with Crippen LogP contribution < -0.4 is 0 Å². The van der Waals surface area contributed by atoms with Crippen LogP contribution in [0.3, 0.4) is 0 Å². The van der Waals surface area contributed by atoms with Crippen LogP contribution in [-0.2, 0) is 28.4 Å². The first-order chi connectivity index (χ1) is 11.2. The first-order valence-corrected chi connectivity index (χ1v) is 8.85. The monoisotopic (exact) mass is 354 g/mol. The quantitative estimate of drug-likeness (QED) is 0.299. The first kappa shape index (κ1) is 23.1. The number of hydrogen-bond donors (Lipinski definition) is 1. The topological polar surface area (TPSA) is 55.4 Å². The predicted octanol–water partition coefficient (Wildman–Crippen LogP) is 1.81. The van der Waals surface area contributed by atoms with Crippen molar-refractivity contribution >= 4 is 12.6 Å². The zero-order valence-corrected chi connectivity index (χ0v) is 15.7. The van der Waals surface area contributed by atoms with Crippen molar-refractivity contribution in [3.63, 3.8) is 0 Å². The molecule has 0 fully saturated rings. The molecule has 6 nitrogen and oxygen atoms in total. The second-order valence-electron chi connectivity index (χ2n) is 5.13. The zero-order valence-electron chi connectivity index (χ0n) is 14.8. The summed E-state index contributed by atoms with van der Waals surface area (Å²) in [5, 5.41) is 0. The molecular formula is C16H34O6S. The Bertz CT molecular complexity index is 233. The minimum atomic E-state index is 0.144. The summed E-state index contributed by atoms with van der Waals surface area (Å²) in [4.78, 5) is 0. The van der Waals surface area contributed by atoms with E-state index >= 15 is 0 Å². The Balaban J connectivity index is 3.59. The van der Waals surface area contributed by atoms with E-state index in [1.54, 1.807) is 14.2 Å². The third kappa shape index (κ3) is 16.7. The van der Waals surface area contributed by atoms with Crippen LogP contribution in [0.15, 0.2) is 0 Å². The van der Waals surface area contributed by atoms with Gasteiger partial charge in [-0.1, -0.05) is 0 Å². The van der Waals surface area contributed by atoms with Gasteiger partial charge < -0.3 is 28.4 Å². The van der Waals surface area contributed by atoms with Crippen LogP contribution in [0, 0.1) is 0 Å². The molecule has 0 spiro atoms. The summed E-state index contributed by atoms with van der Waals surface area (Å²) >= 11 is 4.29. The summed E-state index contributed by atoms with van der Waals surface area (Å²) in [5.74, 6) is 0.795. The van der Waals surface area contributed by atoms with Crippen molar-refractivity contribution in [3.8, 4) is 0 Å². The summed E-state index contributed by atoms with van der Waals surface area (Å²) in [6, 6.07) is 0. The summed E-state index contributed by atoms with van der Waals surface area (Å²) in [7, 11) is 3.32. The third-order valence-corrected chi connectivity index (χ3v) is 3.38. The van der Waals surface area contributed by atoms with Crippen LogP contribution in [0.25, 0.3) is 0 Å². The van der Waals surface area contributed by atoms with Crippen LogP contribution in [0.5, 0.6) is 0 Å². The van der Waals surface area contributed by atoms with Gasteiger partial charge in [0.1, 0.15) is 0 Å². The largest absolute Gasteiger partial charge is 0.382 e. The van der Waals surface area contributed by atoms with Crippen molar-refractivity contribution in [3.05, 3.63) is 0 Å². The minimum absolute atomic E-state index is 0.144. The molecule has 0 rings (SSSR count). The molecule has 0 aliphatic rings. The molecule has 0 saturated heterocycles. The second-order valence-corrected chi connectivity index (χ2v) is 5.58. The van der Waals surface area contributed by atoms with Gasteiger partial charge >= 0.3 is 0 Å². The number of hydrogen-bond acceptors (Lipinski definition) is 7. The average molecular weight is 355 g/mol. The summed E-state index contributed by atoms with van der Waals surface area (Å²) < 4.78 is 32.2. The van der Waals surface area contributed by atoms with Crippen molar-refractivity contribution < 1.29 is 28.4 Å². The molecule has 2 unspecified atom stereocenters. The molecule has 0 bridgehead atoms. The average Bonchev–Trinajstić information content (AvgIpc) is 2.53. The Hall–Kier alpha value is 0.110. The van der Waals surface area contributed by atoms with E-state index in [0.717, 1.165) is 18.6 Å². The van der Waals surface area contributed by atoms with Crippen molar-refractivity contribution in [2.45, 2.75) is 32.0 Å². The van der Waals surface area contributed by atoms with Crippen LogP contribution in [0.1, 0.15) is 19.8 Å². The third-order valence-electron chi connectivity index (χ3n) is 3.12. The van der Waals surface area contributed by atoms with Crippen molar-refractivity contribution in [2.75, 3.05) is 72.8 Å². The maximum absolute atomic E-state index is 5.86. The van der Waals surface area contributed by atoms with Crippen LogP contribution in [0.2, 0.25) is 0 Å². The Kier molecular flexibility index (Phi) is 18.5. The molecule has 2 atom stereocenters. The molecule has 0 aromatic rings. The maximum Gasteiger partial charge on any atom is 0.0704 e.